The van der Waals surface area contributed by atoms with Crippen LogP contribution in [0.1, 0.15) is 56.3 Å². The van der Waals surface area contributed by atoms with Gasteiger partial charge < -0.3 is 19.8 Å². The number of hydrogen-bond acceptors (Lipinski definition) is 6. The number of carbonyl (C=O) groups is 4. The first kappa shape index (κ1) is 20.9. The maximum Gasteiger partial charge on any atom is 0.355 e. The summed E-state index contributed by atoms with van der Waals surface area (Å²) in [5.74, 6) is -2.14. The predicted octanol–water partition coefficient (Wildman–Crippen LogP) is 2.80. The molecule has 0 aliphatic rings. The molecule has 0 spiro atoms. The number of aryl methyl sites for hydroxylation is 1. The number of ketones is 1. The number of esters is 2. The summed E-state index contributed by atoms with van der Waals surface area (Å²) in [6.45, 7) is 6.02. The van der Waals surface area contributed by atoms with Crippen molar-refractivity contribution in [2.24, 2.45) is 0 Å². The van der Waals surface area contributed by atoms with Crippen molar-refractivity contribution in [2.75, 3.05) is 12.4 Å². The minimum absolute atomic E-state index is 0.0710. The molecule has 2 aromatic rings. The van der Waals surface area contributed by atoms with Crippen molar-refractivity contribution in [1.29, 1.82) is 0 Å². The fourth-order valence-electron chi connectivity index (χ4n) is 2.77. The van der Waals surface area contributed by atoms with E-state index in [0.717, 1.165) is 0 Å². The molecule has 0 aliphatic heterocycles. The molecule has 2 N–H and O–H groups in total. The normalized spacial score (nSPS) is 11.5. The lowest BCUT2D eigenvalue weighted by molar-refractivity contribution is -0.123. The summed E-state index contributed by atoms with van der Waals surface area (Å²) in [4.78, 5) is 51.1. The number of hydrogen-bond donors (Lipinski definition) is 2. The van der Waals surface area contributed by atoms with Gasteiger partial charge in [0, 0.05) is 11.3 Å². The average Bonchev–Trinajstić information content (AvgIpc) is 2.95. The number of carbonyl (C=O) groups excluding carboxylic acids is 4. The molecule has 0 saturated carbocycles. The lowest BCUT2D eigenvalue weighted by Crippen LogP contribution is -2.30. The highest BCUT2D eigenvalue weighted by Crippen LogP contribution is 2.21. The van der Waals surface area contributed by atoms with Crippen molar-refractivity contribution in [3.8, 4) is 0 Å². The van der Waals surface area contributed by atoms with E-state index in [-0.39, 0.29) is 17.0 Å². The van der Waals surface area contributed by atoms with Crippen LogP contribution in [0.15, 0.2) is 24.3 Å². The monoisotopic (exact) mass is 386 g/mol. The number of anilines is 1. The molecule has 28 heavy (non-hydrogen) atoms. The molecule has 0 radical (unpaired) electrons. The molecule has 1 aromatic heterocycles. The third-order valence-corrected chi connectivity index (χ3v) is 4.25. The van der Waals surface area contributed by atoms with Crippen molar-refractivity contribution >= 4 is 29.3 Å². The van der Waals surface area contributed by atoms with E-state index in [9.17, 15) is 19.2 Å². The maximum atomic E-state index is 12.4. The minimum Gasteiger partial charge on any atom is -0.465 e. The molecule has 8 nitrogen and oxygen atoms in total. The Bertz CT molecular complexity index is 944. The lowest BCUT2D eigenvalue weighted by atomic mass is 10.1. The Hall–Kier alpha value is -3.42. The van der Waals surface area contributed by atoms with E-state index in [4.69, 9.17) is 9.47 Å². The van der Waals surface area contributed by atoms with Gasteiger partial charge in [-0.2, -0.15) is 0 Å². The summed E-state index contributed by atoms with van der Waals surface area (Å²) >= 11 is 0. The third-order valence-electron chi connectivity index (χ3n) is 4.25. The van der Waals surface area contributed by atoms with Gasteiger partial charge in [-0.25, -0.2) is 9.59 Å². The standard InChI is InChI=1S/C20H22N2O6/c1-10-16(19(25)27-5)11(2)21-17(10)20(26)28-13(4)18(24)22-15-9-7-6-8-14(15)12(3)23/h6-9,13,21H,1-5H3,(H,22,24). The summed E-state index contributed by atoms with van der Waals surface area (Å²) in [7, 11) is 1.25. The van der Waals surface area contributed by atoms with Crippen molar-refractivity contribution in [2.45, 2.75) is 33.8 Å². The van der Waals surface area contributed by atoms with Crippen molar-refractivity contribution in [3.63, 3.8) is 0 Å². The predicted molar refractivity (Wildman–Crippen MR) is 102 cm³/mol. The molecule has 2 rings (SSSR count). The zero-order chi connectivity index (χ0) is 21.0. The van der Waals surface area contributed by atoms with Gasteiger partial charge in [-0.3, -0.25) is 9.59 Å². The fraction of sp³-hybridized carbons (Fsp3) is 0.300. The first-order valence-corrected chi connectivity index (χ1v) is 8.56. The number of amides is 1. The molecular formula is C20H22N2O6. The highest BCUT2D eigenvalue weighted by molar-refractivity contribution is 6.05. The number of rotatable bonds is 6. The van der Waals surface area contributed by atoms with Crippen LogP contribution in [-0.4, -0.2) is 41.8 Å². The molecule has 0 saturated heterocycles. The van der Waals surface area contributed by atoms with Crippen LogP contribution in [0, 0.1) is 13.8 Å². The molecule has 0 aliphatic carbocycles. The molecule has 1 heterocycles. The molecular weight excluding hydrogens is 364 g/mol. The van der Waals surface area contributed by atoms with Crippen LogP contribution in [-0.2, 0) is 14.3 Å². The van der Waals surface area contributed by atoms with Crippen LogP contribution in [0.3, 0.4) is 0 Å². The highest BCUT2D eigenvalue weighted by Gasteiger charge is 2.26. The molecule has 8 heteroatoms. The Morgan fingerprint density at radius 1 is 1.07 bits per heavy atom. The van der Waals surface area contributed by atoms with Gasteiger partial charge in [0.25, 0.3) is 5.91 Å². The zero-order valence-electron chi connectivity index (χ0n) is 16.3. The van der Waals surface area contributed by atoms with Crippen LogP contribution in [0.25, 0.3) is 0 Å². The number of nitrogens with one attached hydrogen (secondary N) is 2. The Labute approximate surface area is 162 Å². The summed E-state index contributed by atoms with van der Waals surface area (Å²) in [5, 5.41) is 2.59. The average molecular weight is 386 g/mol. The third kappa shape index (κ3) is 4.28. The second-order valence-corrected chi connectivity index (χ2v) is 6.26. The molecule has 1 amide bonds. The number of benzene rings is 1. The second-order valence-electron chi connectivity index (χ2n) is 6.26. The number of para-hydroxylation sites is 1. The maximum absolute atomic E-state index is 12.4. The fourth-order valence-corrected chi connectivity index (χ4v) is 2.77. The zero-order valence-corrected chi connectivity index (χ0v) is 16.3. The molecule has 148 valence electrons. The molecule has 1 unspecified atom stereocenters. The Kier molecular flexibility index (Phi) is 6.35. The number of ether oxygens (including phenoxy) is 2. The van der Waals surface area contributed by atoms with E-state index in [1.807, 2.05) is 0 Å². The Morgan fingerprint density at radius 2 is 1.71 bits per heavy atom. The number of H-pyrrole nitrogens is 1. The number of methoxy groups -OCH3 is 1. The van der Waals surface area contributed by atoms with Gasteiger partial charge in [-0.15, -0.1) is 0 Å². The van der Waals surface area contributed by atoms with Gasteiger partial charge in [0.2, 0.25) is 0 Å². The van der Waals surface area contributed by atoms with Crippen LogP contribution in [0.4, 0.5) is 5.69 Å². The smallest absolute Gasteiger partial charge is 0.355 e. The topological polar surface area (TPSA) is 115 Å². The molecule has 0 bridgehead atoms. The van der Waals surface area contributed by atoms with E-state index < -0.39 is 23.9 Å². The minimum atomic E-state index is -1.13. The SMILES string of the molecule is COC(=O)c1c(C)[nH]c(C(=O)OC(C)C(=O)Nc2ccccc2C(C)=O)c1C. The van der Waals surface area contributed by atoms with Gasteiger partial charge in [0.1, 0.15) is 5.69 Å². The van der Waals surface area contributed by atoms with E-state index in [1.165, 1.54) is 21.0 Å². The molecule has 1 aromatic carbocycles. The van der Waals surface area contributed by atoms with Gasteiger partial charge in [-0.1, -0.05) is 12.1 Å². The van der Waals surface area contributed by atoms with Gasteiger partial charge in [0.05, 0.1) is 18.4 Å². The van der Waals surface area contributed by atoms with Gasteiger partial charge in [-0.05, 0) is 45.4 Å². The summed E-state index contributed by atoms with van der Waals surface area (Å²) in [6.07, 6.45) is -1.13. The lowest BCUT2D eigenvalue weighted by Gasteiger charge is -2.15. The summed E-state index contributed by atoms with van der Waals surface area (Å²) in [5.41, 5.74) is 1.85. The molecule has 0 fully saturated rings. The van der Waals surface area contributed by atoms with E-state index >= 15 is 0 Å². The van der Waals surface area contributed by atoms with E-state index in [2.05, 4.69) is 10.3 Å². The van der Waals surface area contributed by atoms with Crippen molar-refractivity contribution in [3.05, 3.63) is 52.3 Å². The molecule has 1 atom stereocenters. The van der Waals surface area contributed by atoms with Crippen LogP contribution in [0.5, 0.6) is 0 Å². The largest absolute Gasteiger partial charge is 0.465 e. The number of aromatic amines is 1. The van der Waals surface area contributed by atoms with Crippen LogP contribution < -0.4 is 5.32 Å². The van der Waals surface area contributed by atoms with Crippen LogP contribution >= 0.6 is 0 Å². The van der Waals surface area contributed by atoms with Crippen molar-refractivity contribution < 1.29 is 28.7 Å². The quantitative estimate of drug-likeness (QED) is 0.583. The van der Waals surface area contributed by atoms with E-state index in [0.29, 0.717) is 22.5 Å². The second kappa shape index (κ2) is 8.51. The Morgan fingerprint density at radius 3 is 2.32 bits per heavy atom. The Balaban J connectivity index is 2.14. The first-order valence-electron chi connectivity index (χ1n) is 8.56. The van der Waals surface area contributed by atoms with E-state index in [1.54, 1.807) is 38.1 Å². The van der Waals surface area contributed by atoms with Crippen LogP contribution in [0.2, 0.25) is 0 Å². The summed E-state index contributed by atoms with van der Waals surface area (Å²) < 4.78 is 9.92. The van der Waals surface area contributed by atoms with Gasteiger partial charge in [0.15, 0.2) is 11.9 Å². The highest BCUT2D eigenvalue weighted by atomic mass is 16.5. The van der Waals surface area contributed by atoms with Gasteiger partial charge >= 0.3 is 11.9 Å². The first-order chi connectivity index (χ1) is 13.2. The number of aromatic nitrogens is 1. The number of Topliss-reactive ketones (excluding diaryl/α,β-unsaturated/α-hetero) is 1. The summed E-state index contributed by atoms with van der Waals surface area (Å²) in [6, 6.07) is 6.54. The van der Waals surface area contributed by atoms with Crippen molar-refractivity contribution in [1.82, 2.24) is 4.98 Å².